The molecule has 0 radical (unpaired) electrons. The summed E-state index contributed by atoms with van der Waals surface area (Å²) in [5.74, 6) is 0.311. The molecule has 0 aromatic heterocycles. The smallest absolute Gasteiger partial charge is 0.335 e. The fraction of sp³-hybridized carbons (Fsp3) is 0.677. The zero-order valence-corrected chi connectivity index (χ0v) is 23.1. The molecule has 1 heterocycles. The number of unbranched alkanes of at least 4 members (excludes halogenated alkanes) is 1. The number of carboxylic acids is 1. The van der Waals surface area contributed by atoms with Crippen molar-refractivity contribution >= 4 is 11.9 Å². The minimum atomic E-state index is -1.68. The summed E-state index contributed by atoms with van der Waals surface area (Å²) in [6.45, 7) is 7.80. The lowest BCUT2D eigenvalue weighted by Crippen LogP contribution is -2.42. The standard InChI is InChI=1S/C31H48N2O4/c1-4-5-8-27-19-28(13-12-24(27)11-10-22(2)20-31(3,37)30(35)36)29(34)33-16-14-25(15-17-33)26-9-6-7-23(18-26)21-32/h6-9,18,22,24-25,28,37H,4-5,10-17,19-21,32H2,1-3H3,(H,35,36)/b27-8-. The van der Waals surface area contributed by atoms with Gasteiger partial charge in [0.1, 0.15) is 0 Å². The third-order valence-electron chi connectivity index (χ3n) is 8.59. The van der Waals surface area contributed by atoms with Crippen LogP contribution in [0.4, 0.5) is 0 Å². The quantitative estimate of drug-likeness (QED) is 0.333. The number of carbonyl (C=O) groups excluding carboxylic acids is 1. The van der Waals surface area contributed by atoms with Crippen LogP contribution in [0.1, 0.15) is 102 Å². The molecular weight excluding hydrogens is 464 g/mol. The van der Waals surface area contributed by atoms with Crippen molar-refractivity contribution < 1.29 is 19.8 Å². The monoisotopic (exact) mass is 512 g/mol. The van der Waals surface area contributed by atoms with Crippen molar-refractivity contribution in [3.05, 3.63) is 47.0 Å². The Labute approximate surface area is 223 Å². The van der Waals surface area contributed by atoms with E-state index in [9.17, 15) is 19.8 Å². The van der Waals surface area contributed by atoms with Gasteiger partial charge in [0.2, 0.25) is 5.91 Å². The Bertz CT molecular complexity index is 933. The Hall–Kier alpha value is -2.18. The van der Waals surface area contributed by atoms with Gasteiger partial charge < -0.3 is 20.8 Å². The summed E-state index contributed by atoms with van der Waals surface area (Å²) in [6, 6.07) is 8.57. The molecule has 1 aromatic carbocycles. The van der Waals surface area contributed by atoms with Gasteiger partial charge in [-0.25, -0.2) is 4.79 Å². The normalized spacial score (nSPS) is 24.6. The number of likely N-dealkylation sites (tertiary alicyclic amines) is 1. The van der Waals surface area contributed by atoms with Gasteiger partial charge >= 0.3 is 5.97 Å². The number of rotatable bonds is 11. The molecule has 0 bridgehead atoms. The maximum atomic E-state index is 13.5. The van der Waals surface area contributed by atoms with Gasteiger partial charge in [0.25, 0.3) is 0 Å². The largest absolute Gasteiger partial charge is 0.479 e. The third kappa shape index (κ3) is 8.15. The number of nitrogens with zero attached hydrogens (tertiary/aromatic N) is 1. The summed E-state index contributed by atoms with van der Waals surface area (Å²) >= 11 is 0. The summed E-state index contributed by atoms with van der Waals surface area (Å²) < 4.78 is 0. The minimum absolute atomic E-state index is 0.0710. The van der Waals surface area contributed by atoms with E-state index in [4.69, 9.17) is 5.73 Å². The first-order valence-electron chi connectivity index (χ1n) is 14.4. The van der Waals surface area contributed by atoms with Gasteiger partial charge in [0.05, 0.1) is 0 Å². The van der Waals surface area contributed by atoms with Crippen LogP contribution in [0.15, 0.2) is 35.9 Å². The Morgan fingerprint density at radius 3 is 2.59 bits per heavy atom. The van der Waals surface area contributed by atoms with Crippen LogP contribution in [0.3, 0.4) is 0 Å². The number of nitrogens with two attached hydrogens (primary N) is 1. The van der Waals surface area contributed by atoms with Gasteiger partial charge in [-0.2, -0.15) is 0 Å². The first-order chi connectivity index (χ1) is 17.6. The minimum Gasteiger partial charge on any atom is -0.479 e. The lowest BCUT2D eigenvalue weighted by Gasteiger charge is -2.38. The maximum Gasteiger partial charge on any atom is 0.335 e. The summed E-state index contributed by atoms with van der Waals surface area (Å²) in [7, 11) is 0. The van der Waals surface area contributed by atoms with E-state index in [0.29, 0.717) is 24.3 Å². The molecule has 3 rings (SSSR count). The molecule has 1 saturated carbocycles. The second kappa shape index (κ2) is 13.6. The highest BCUT2D eigenvalue weighted by Gasteiger charge is 2.35. The average molecular weight is 513 g/mol. The van der Waals surface area contributed by atoms with Crippen molar-refractivity contribution in [3.63, 3.8) is 0 Å². The third-order valence-corrected chi connectivity index (χ3v) is 8.59. The number of aliphatic hydroxyl groups is 1. The van der Waals surface area contributed by atoms with E-state index in [2.05, 4.69) is 42.2 Å². The molecule has 4 atom stereocenters. The molecule has 206 valence electrons. The molecule has 1 aliphatic heterocycles. The predicted molar refractivity (Wildman–Crippen MR) is 148 cm³/mol. The molecule has 4 unspecified atom stereocenters. The van der Waals surface area contributed by atoms with Gasteiger partial charge in [0.15, 0.2) is 5.60 Å². The van der Waals surface area contributed by atoms with Crippen molar-refractivity contribution in [2.75, 3.05) is 13.1 Å². The van der Waals surface area contributed by atoms with Crippen LogP contribution in [0.2, 0.25) is 0 Å². The number of piperidine rings is 1. The van der Waals surface area contributed by atoms with Crippen molar-refractivity contribution in [1.29, 1.82) is 0 Å². The van der Waals surface area contributed by atoms with Gasteiger partial charge in [-0.3, -0.25) is 4.79 Å². The van der Waals surface area contributed by atoms with Crippen molar-refractivity contribution in [2.24, 2.45) is 23.5 Å². The Balaban J connectivity index is 1.54. The van der Waals surface area contributed by atoms with Gasteiger partial charge in [-0.15, -0.1) is 0 Å². The van der Waals surface area contributed by atoms with E-state index in [1.54, 1.807) is 0 Å². The van der Waals surface area contributed by atoms with E-state index >= 15 is 0 Å². The molecule has 1 amide bonds. The van der Waals surface area contributed by atoms with Crippen LogP contribution < -0.4 is 5.73 Å². The average Bonchev–Trinajstić information content (AvgIpc) is 2.90. The molecule has 1 aliphatic carbocycles. The number of hydrogen-bond acceptors (Lipinski definition) is 4. The first-order valence-corrected chi connectivity index (χ1v) is 14.4. The predicted octanol–water partition coefficient (Wildman–Crippen LogP) is 5.64. The highest BCUT2D eigenvalue weighted by Crippen LogP contribution is 2.39. The fourth-order valence-electron chi connectivity index (χ4n) is 6.28. The molecule has 6 heteroatoms. The van der Waals surface area contributed by atoms with E-state index < -0.39 is 11.6 Å². The maximum absolute atomic E-state index is 13.5. The molecule has 2 aliphatic rings. The summed E-state index contributed by atoms with van der Waals surface area (Å²) in [6.07, 6.45) is 11.4. The van der Waals surface area contributed by atoms with E-state index in [0.717, 1.165) is 70.9 Å². The van der Waals surface area contributed by atoms with Crippen molar-refractivity contribution in [1.82, 2.24) is 4.90 Å². The summed E-state index contributed by atoms with van der Waals surface area (Å²) in [5, 5.41) is 19.4. The molecule has 1 saturated heterocycles. The van der Waals surface area contributed by atoms with Crippen LogP contribution in [0.25, 0.3) is 0 Å². The van der Waals surface area contributed by atoms with Gasteiger partial charge in [0, 0.05) is 25.6 Å². The number of hydrogen-bond donors (Lipinski definition) is 3. The zero-order chi connectivity index (χ0) is 27.0. The van der Waals surface area contributed by atoms with Crippen molar-refractivity contribution in [3.8, 4) is 0 Å². The lowest BCUT2D eigenvalue weighted by atomic mass is 9.74. The number of allylic oxidation sites excluding steroid dienone is 2. The van der Waals surface area contributed by atoms with Crippen LogP contribution in [-0.2, 0) is 16.1 Å². The lowest BCUT2D eigenvalue weighted by molar-refractivity contribution is -0.158. The second-order valence-electron chi connectivity index (χ2n) is 11.8. The molecule has 4 N–H and O–H groups in total. The SMILES string of the molecule is CCC/C=C1/CC(C(=O)N2CCC(c3cccc(CN)c3)CC2)CCC1CCC(C)CC(C)(O)C(=O)O. The van der Waals surface area contributed by atoms with Crippen LogP contribution >= 0.6 is 0 Å². The van der Waals surface area contributed by atoms with Gasteiger partial charge in [-0.05, 0) is 87.2 Å². The highest BCUT2D eigenvalue weighted by atomic mass is 16.4. The number of carboxylic acid groups (broad SMARTS) is 1. The van der Waals surface area contributed by atoms with Crippen molar-refractivity contribution in [2.45, 2.75) is 103 Å². The number of aliphatic carboxylic acids is 1. The molecule has 1 aromatic rings. The fourth-order valence-corrected chi connectivity index (χ4v) is 6.28. The second-order valence-corrected chi connectivity index (χ2v) is 11.8. The summed E-state index contributed by atoms with van der Waals surface area (Å²) in [5.41, 5.74) is 8.08. The Morgan fingerprint density at radius 2 is 1.95 bits per heavy atom. The van der Waals surface area contributed by atoms with Crippen LogP contribution in [0, 0.1) is 17.8 Å². The molecule has 37 heavy (non-hydrogen) atoms. The van der Waals surface area contributed by atoms with Crippen LogP contribution in [-0.4, -0.2) is 45.7 Å². The van der Waals surface area contributed by atoms with Crippen LogP contribution in [0.5, 0.6) is 0 Å². The molecule has 6 nitrogen and oxygen atoms in total. The molecule has 2 fully saturated rings. The van der Waals surface area contributed by atoms with E-state index in [1.807, 2.05) is 6.92 Å². The zero-order valence-electron chi connectivity index (χ0n) is 23.1. The van der Waals surface area contributed by atoms with E-state index in [-0.39, 0.29) is 18.3 Å². The Morgan fingerprint density at radius 1 is 1.22 bits per heavy atom. The summed E-state index contributed by atoms with van der Waals surface area (Å²) in [4.78, 5) is 26.9. The number of amides is 1. The Kier molecular flexibility index (Phi) is 10.8. The number of carbonyl (C=O) groups is 2. The molecular formula is C31H48N2O4. The van der Waals surface area contributed by atoms with Gasteiger partial charge in [-0.1, -0.05) is 62.6 Å². The first kappa shape index (κ1) is 29.4. The topological polar surface area (TPSA) is 104 Å². The highest BCUT2D eigenvalue weighted by molar-refractivity contribution is 5.79. The van der Waals surface area contributed by atoms with E-state index in [1.165, 1.54) is 23.6 Å². The molecule has 0 spiro atoms. The number of benzene rings is 1.